The molecule has 1 heterocycles. The summed E-state index contributed by atoms with van der Waals surface area (Å²) in [4.78, 5) is 13.1. The molecule has 1 saturated heterocycles. The van der Waals surface area contributed by atoms with Crippen molar-refractivity contribution in [1.82, 2.24) is 0 Å². The average molecular weight is 235 g/mol. The van der Waals surface area contributed by atoms with Gasteiger partial charge in [-0.1, -0.05) is 6.07 Å². The number of benzene rings is 1. The molecule has 1 aromatic carbocycles. The number of carboxylic acids is 1. The monoisotopic (exact) mass is 235 g/mol. The lowest BCUT2D eigenvalue weighted by molar-refractivity contribution is 0.0697. The molecule has 0 aromatic heterocycles. The van der Waals surface area contributed by atoms with Gasteiger partial charge in [0.25, 0.3) is 0 Å². The van der Waals surface area contributed by atoms with Crippen LogP contribution in [0, 0.1) is 5.92 Å². The van der Waals surface area contributed by atoms with E-state index in [-0.39, 0.29) is 0 Å². The van der Waals surface area contributed by atoms with Crippen molar-refractivity contribution in [1.29, 1.82) is 0 Å². The van der Waals surface area contributed by atoms with Crippen molar-refractivity contribution in [2.45, 2.75) is 6.42 Å². The van der Waals surface area contributed by atoms with E-state index in [0.29, 0.717) is 11.5 Å². The number of hydrogen-bond donors (Lipinski definition) is 1. The van der Waals surface area contributed by atoms with E-state index in [9.17, 15) is 4.79 Å². The summed E-state index contributed by atoms with van der Waals surface area (Å²) in [6.07, 6.45) is 1.10. The first-order valence-electron chi connectivity index (χ1n) is 5.78. The van der Waals surface area contributed by atoms with Crippen molar-refractivity contribution in [3.63, 3.8) is 0 Å². The normalized spacial score (nSPS) is 19.6. The second-order valence-corrected chi connectivity index (χ2v) is 4.41. The molecular weight excluding hydrogens is 218 g/mol. The highest BCUT2D eigenvalue weighted by atomic mass is 16.5. The van der Waals surface area contributed by atoms with Crippen LogP contribution in [-0.2, 0) is 4.74 Å². The summed E-state index contributed by atoms with van der Waals surface area (Å²) in [6.45, 7) is 2.68. The van der Waals surface area contributed by atoms with Crippen molar-refractivity contribution >= 4 is 11.7 Å². The predicted molar refractivity (Wildman–Crippen MR) is 65.6 cm³/mol. The Morgan fingerprint density at radius 3 is 3.12 bits per heavy atom. The Labute approximate surface area is 101 Å². The van der Waals surface area contributed by atoms with Crippen molar-refractivity contribution in [3.05, 3.63) is 29.8 Å². The van der Waals surface area contributed by atoms with Gasteiger partial charge < -0.3 is 14.7 Å². The number of ether oxygens (including phenoxy) is 1. The molecule has 1 aromatic rings. The molecule has 1 aliphatic rings. The number of nitrogens with zero attached hydrogens (tertiary/aromatic N) is 1. The maximum Gasteiger partial charge on any atom is 0.335 e. The number of methoxy groups -OCH3 is 1. The fourth-order valence-corrected chi connectivity index (χ4v) is 2.27. The molecular formula is C13H17NO3. The number of aromatic carboxylic acids is 1. The Morgan fingerprint density at radius 2 is 2.41 bits per heavy atom. The summed E-state index contributed by atoms with van der Waals surface area (Å²) >= 11 is 0. The van der Waals surface area contributed by atoms with Crippen LogP contribution in [0.1, 0.15) is 16.8 Å². The van der Waals surface area contributed by atoms with E-state index in [1.165, 1.54) is 0 Å². The summed E-state index contributed by atoms with van der Waals surface area (Å²) in [5.41, 5.74) is 1.33. The zero-order valence-corrected chi connectivity index (χ0v) is 9.93. The van der Waals surface area contributed by atoms with Gasteiger partial charge in [-0.15, -0.1) is 0 Å². The molecule has 1 unspecified atom stereocenters. The molecule has 2 rings (SSSR count). The third-order valence-electron chi connectivity index (χ3n) is 3.15. The minimum atomic E-state index is -0.875. The minimum Gasteiger partial charge on any atom is -0.478 e. The third-order valence-corrected chi connectivity index (χ3v) is 3.15. The first-order chi connectivity index (χ1) is 8.20. The maximum absolute atomic E-state index is 10.9. The van der Waals surface area contributed by atoms with Crippen LogP contribution in [0.5, 0.6) is 0 Å². The molecule has 17 heavy (non-hydrogen) atoms. The van der Waals surface area contributed by atoms with Crippen LogP contribution < -0.4 is 4.90 Å². The standard InChI is InChI=1S/C13H17NO3/c1-17-9-10-5-6-14(8-10)12-4-2-3-11(7-12)13(15)16/h2-4,7,10H,5-6,8-9H2,1H3,(H,15,16). The fourth-order valence-electron chi connectivity index (χ4n) is 2.27. The molecule has 0 spiro atoms. The van der Waals surface area contributed by atoms with Gasteiger partial charge in [-0.3, -0.25) is 0 Å². The molecule has 1 fully saturated rings. The van der Waals surface area contributed by atoms with E-state index in [0.717, 1.165) is 31.8 Å². The molecule has 1 aliphatic heterocycles. The summed E-state index contributed by atoms with van der Waals surface area (Å²) in [5.74, 6) is -0.326. The van der Waals surface area contributed by atoms with Crippen molar-refractivity contribution in [2.24, 2.45) is 5.92 Å². The van der Waals surface area contributed by atoms with E-state index in [1.54, 1.807) is 25.3 Å². The Kier molecular flexibility index (Phi) is 3.64. The summed E-state index contributed by atoms with van der Waals surface area (Å²) in [7, 11) is 1.72. The van der Waals surface area contributed by atoms with Crippen LogP contribution in [0.4, 0.5) is 5.69 Å². The second-order valence-electron chi connectivity index (χ2n) is 4.41. The van der Waals surface area contributed by atoms with E-state index in [4.69, 9.17) is 9.84 Å². The third kappa shape index (κ3) is 2.77. The van der Waals surface area contributed by atoms with E-state index in [2.05, 4.69) is 4.90 Å². The highest BCUT2D eigenvalue weighted by molar-refractivity contribution is 5.88. The van der Waals surface area contributed by atoms with Crippen LogP contribution >= 0.6 is 0 Å². The zero-order valence-electron chi connectivity index (χ0n) is 9.93. The Morgan fingerprint density at radius 1 is 1.59 bits per heavy atom. The predicted octanol–water partition coefficient (Wildman–Crippen LogP) is 1.86. The number of rotatable bonds is 4. The lowest BCUT2D eigenvalue weighted by Gasteiger charge is -2.19. The van der Waals surface area contributed by atoms with Crippen LogP contribution in [0.3, 0.4) is 0 Å². The molecule has 1 atom stereocenters. The summed E-state index contributed by atoms with van der Waals surface area (Å²) in [6, 6.07) is 7.11. The molecule has 0 aliphatic carbocycles. The van der Waals surface area contributed by atoms with Crippen LogP contribution in [0.15, 0.2) is 24.3 Å². The van der Waals surface area contributed by atoms with Gasteiger partial charge in [-0.2, -0.15) is 0 Å². The van der Waals surface area contributed by atoms with Gasteiger partial charge >= 0.3 is 5.97 Å². The fraction of sp³-hybridized carbons (Fsp3) is 0.462. The molecule has 4 nitrogen and oxygen atoms in total. The van der Waals surface area contributed by atoms with Crippen LogP contribution in [0.2, 0.25) is 0 Å². The number of carboxylic acid groups (broad SMARTS) is 1. The number of hydrogen-bond acceptors (Lipinski definition) is 3. The summed E-state index contributed by atoms with van der Waals surface area (Å²) in [5, 5.41) is 8.95. The molecule has 92 valence electrons. The first kappa shape index (κ1) is 11.9. The highest BCUT2D eigenvalue weighted by Gasteiger charge is 2.22. The van der Waals surface area contributed by atoms with Crippen LogP contribution in [-0.4, -0.2) is 37.9 Å². The van der Waals surface area contributed by atoms with Crippen molar-refractivity contribution < 1.29 is 14.6 Å². The van der Waals surface area contributed by atoms with Crippen molar-refractivity contribution in [3.8, 4) is 0 Å². The maximum atomic E-state index is 10.9. The Bertz CT molecular complexity index is 405. The lowest BCUT2D eigenvalue weighted by atomic mass is 10.1. The average Bonchev–Trinajstić information content (AvgIpc) is 2.78. The van der Waals surface area contributed by atoms with Gasteiger partial charge in [0.1, 0.15) is 0 Å². The largest absolute Gasteiger partial charge is 0.478 e. The number of anilines is 1. The van der Waals surface area contributed by atoms with E-state index >= 15 is 0 Å². The van der Waals surface area contributed by atoms with E-state index in [1.807, 2.05) is 6.07 Å². The molecule has 0 radical (unpaired) electrons. The second kappa shape index (κ2) is 5.19. The molecule has 0 saturated carbocycles. The first-order valence-corrected chi connectivity index (χ1v) is 5.78. The SMILES string of the molecule is COCC1CCN(c2cccc(C(=O)O)c2)C1. The molecule has 0 bridgehead atoms. The van der Waals surface area contributed by atoms with Gasteiger partial charge in [-0.05, 0) is 24.6 Å². The van der Waals surface area contributed by atoms with Gasteiger partial charge in [0, 0.05) is 31.8 Å². The van der Waals surface area contributed by atoms with Crippen molar-refractivity contribution in [2.75, 3.05) is 31.7 Å². The van der Waals surface area contributed by atoms with Gasteiger partial charge in [0.15, 0.2) is 0 Å². The quantitative estimate of drug-likeness (QED) is 0.865. The lowest BCUT2D eigenvalue weighted by Crippen LogP contribution is -2.21. The number of carbonyl (C=O) groups is 1. The Hall–Kier alpha value is -1.55. The zero-order chi connectivity index (χ0) is 12.3. The van der Waals surface area contributed by atoms with E-state index < -0.39 is 5.97 Å². The van der Waals surface area contributed by atoms with Gasteiger partial charge in [0.2, 0.25) is 0 Å². The molecule has 1 N–H and O–H groups in total. The van der Waals surface area contributed by atoms with Gasteiger partial charge in [-0.25, -0.2) is 4.79 Å². The highest BCUT2D eigenvalue weighted by Crippen LogP contribution is 2.24. The Balaban J connectivity index is 2.08. The smallest absolute Gasteiger partial charge is 0.335 e. The summed E-state index contributed by atoms with van der Waals surface area (Å²) < 4.78 is 5.15. The molecule has 4 heteroatoms. The molecule has 0 amide bonds. The minimum absolute atomic E-state index is 0.345. The topological polar surface area (TPSA) is 49.8 Å². The van der Waals surface area contributed by atoms with Gasteiger partial charge in [0.05, 0.1) is 12.2 Å². The van der Waals surface area contributed by atoms with Crippen LogP contribution in [0.25, 0.3) is 0 Å².